The number of nitrogens with one attached hydrogen (secondary N) is 1. The fourth-order valence-corrected chi connectivity index (χ4v) is 3.74. The molecule has 3 aromatic rings. The molecular weight excluding hydrogens is 332 g/mol. The van der Waals surface area contributed by atoms with E-state index in [1.165, 1.54) is 30.0 Å². The maximum Gasteiger partial charge on any atom is 0.217 e. The third-order valence-corrected chi connectivity index (χ3v) is 5.13. The zero-order valence-corrected chi connectivity index (χ0v) is 14.0. The molecule has 0 aliphatic rings. The van der Waals surface area contributed by atoms with Gasteiger partial charge < -0.3 is 5.32 Å². The molecule has 0 bridgehead atoms. The van der Waals surface area contributed by atoms with Gasteiger partial charge in [0.25, 0.3) is 0 Å². The second-order valence-corrected chi connectivity index (χ2v) is 6.91. The minimum Gasteiger partial charge on any atom is -0.351 e. The summed E-state index contributed by atoms with van der Waals surface area (Å²) in [6.07, 6.45) is 1.87. The Labute approximate surface area is 140 Å². The first-order valence-electron chi connectivity index (χ1n) is 6.92. The van der Waals surface area contributed by atoms with Gasteiger partial charge in [-0.2, -0.15) is 0 Å². The summed E-state index contributed by atoms with van der Waals surface area (Å²) in [6, 6.07) is 9.33. The van der Waals surface area contributed by atoms with Gasteiger partial charge in [-0.3, -0.25) is 14.0 Å². The Kier molecular flexibility index (Phi) is 4.73. The molecule has 1 N–H and O–H groups in total. The first-order valence-corrected chi connectivity index (χ1v) is 8.72. The molecule has 1 amide bonds. The molecule has 3 aromatic heterocycles. The van der Waals surface area contributed by atoms with Crippen LogP contribution in [0.4, 0.5) is 0 Å². The van der Waals surface area contributed by atoms with Crippen molar-refractivity contribution in [2.45, 2.75) is 18.6 Å². The zero-order valence-electron chi connectivity index (χ0n) is 12.4. The molecule has 3 rings (SSSR count). The Balaban J connectivity index is 1.62. The number of fused-ring (bicyclic) bond motifs is 1. The first kappa shape index (κ1) is 15.7. The number of rotatable bonds is 6. The second-order valence-electron chi connectivity index (χ2n) is 4.80. The van der Waals surface area contributed by atoms with E-state index in [-0.39, 0.29) is 11.7 Å². The number of carbonyl (C=O) groups is 2. The van der Waals surface area contributed by atoms with Crippen molar-refractivity contribution in [2.24, 2.45) is 0 Å². The predicted molar refractivity (Wildman–Crippen MR) is 89.9 cm³/mol. The summed E-state index contributed by atoms with van der Waals surface area (Å²) in [4.78, 5) is 24.8. The fourth-order valence-electron chi connectivity index (χ4n) is 1.95. The zero-order chi connectivity index (χ0) is 16.2. The summed E-state index contributed by atoms with van der Waals surface area (Å²) in [5.41, 5.74) is 0.760. The van der Waals surface area contributed by atoms with Gasteiger partial charge in [0.2, 0.25) is 5.91 Å². The number of thiophene rings is 1. The number of aromatic nitrogens is 3. The van der Waals surface area contributed by atoms with Crippen molar-refractivity contribution in [1.82, 2.24) is 19.9 Å². The van der Waals surface area contributed by atoms with Gasteiger partial charge in [0.15, 0.2) is 16.6 Å². The second kappa shape index (κ2) is 6.93. The van der Waals surface area contributed by atoms with Crippen molar-refractivity contribution in [3.05, 3.63) is 46.3 Å². The summed E-state index contributed by atoms with van der Waals surface area (Å²) in [6.45, 7) is 1.93. The standard InChI is InChI=1S/C15H14N4O2S2/c1-10(20)16-8-11-5-6-13(23-11)12(21)9-22-15-18-17-14-4-2-3-7-19(14)15/h2-7H,8-9H2,1H3,(H,16,20). The van der Waals surface area contributed by atoms with Gasteiger partial charge in [-0.1, -0.05) is 17.8 Å². The molecule has 0 fully saturated rings. The van der Waals surface area contributed by atoms with Gasteiger partial charge >= 0.3 is 0 Å². The highest BCUT2D eigenvalue weighted by atomic mass is 32.2. The van der Waals surface area contributed by atoms with Crippen LogP contribution < -0.4 is 5.32 Å². The van der Waals surface area contributed by atoms with E-state index in [0.717, 1.165) is 10.5 Å². The Hall–Kier alpha value is -2.19. The molecule has 0 unspecified atom stereocenters. The van der Waals surface area contributed by atoms with Crippen molar-refractivity contribution >= 4 is 40.4 Å². The summed E-state index contributed by atoms with van der Waals surface area (Å²) >= 11 is 2.77. The van der Waals surface area contributed by atoms with E-state index in [1.54, 1.807) is 6.07 Å². The van der Waals surface area contributed by atoms with E-state index in [9.17, 15) is 9.59 Å². The van der Waals surface area contributed by atoms with Crippen LogP contribution in [-0.2, 0) is 11.3 Å². The largest absolute Gasteiger partial charge is 0.351 e. The highest BCUT2D eigenvalue weighted by molar-refractivity contribution is 7.99. The molecule has 0 aromatic carbocycles. The monoisotopic (exact) mass is 346 g/mol. The lowest BCUT2D eigenvalue weighted by atomic mass is 10.3. The Bertz CT molecular complexity index is 856. The van der Waals surface area contributed by atoms with Crippen LogP contribution in [0.5, 0.6) is 0 Å². The van der Waals surface area contributed by atoms with Crippen LogP contribution in [-0.4, -0.2) is 32.0 Å². The molecule has 0 atom stereocenters. The lowest BCUT2D eigenvalue weighted by Crippen LogP contribution is -2.18. The lowest BCUT2D eigenvalue weighted by Gasteiger charge is -1.99. The molecule has 8 heteroatoms. The average molecular weight is 346 g/mol. The van der Waals surface area contributed by atoms with Crippen LogP contribution in [0.1, 0.15) is 21.5 Å². The highest BCUT2D eigenvalue weighted by Gasteiger charge is 2.13. The van der Waals surface area contributed by atoms with Crippen molar-refractivity contribution in [1.29, 1.82) is 0 Å². The molecule has 118 valence electrons. The smallest absolute Gasteiger partial charge is 0.217 e. The number of hydrogen-bond donors (Lipinski definition) is 1. The van der Waals surface area contributed by atoms with Crippen molar-refractivity contribution in [2.75, 3.05) is 5.75 Å². The third-order valence-electron chi connectivity index (χ3n) is 3.06. The van der Waals surface area contributed by atoms with Gasteiger partial charge in [0, 0.05) is 18.0 Å². The summed E-state index contributed by atoms with van der Waals surface area (Å²) in [5.74, 6) is 0.262. The van der Waals surface area contributed by atoms with E-state index >= 15 is 0 Å². The fraction of sp³-hybridized carbons (Fsp3) is 0.200. The van der Waals surface area contributed by atoms with Crippen LogP contribution >= 0.6 is 23.1 Å². The molecule has 0 aliphatic heterocycles. The molecule has 0 saturated carbocycles. The van der Waals surface area contributed by atoms with Gasteiger partial charge in [-0.25, -0.2) is 0 Å². The number of amides is 1. The molecule has 0 aliphatic carbocycles. The van der Waals surface area contributed by atoms with E-state index in [2.05, 4.69) is 15.5 Å². The SMILES string of the molecule is CC(=O)NCc1ccc(C(=O)CSc2nnc3ccccn23)s1. The van der Waals surface area contributed by atoms with Crippen LogP contribution in [0, 0.1) is 0 Å². The molecule has 0 radical (unpaired) electrons. The number of nitrogens with zero attached hydrogens (tertiary/aromatic N) is 3. The lowest BCUT2D eigenvalue weighted by molar-refractivity contribution is -0.119. The minimum absolute atomic E-state index is 0.0433. The van der Waals surface area contributed by atoms with Gasteiger partial charge in [0.1, 0.15) is 0 Å². The van der Waals surface area contributed by atoms with Gasteiger partial charge in [-0.05, 0) is 24.3 Å². The van der Waals surface area contributed by atoms with Crippen LogP contribution in [0.3, 0.4) is 0 Å². The maximum atomic E-state index is 12.3. The normalized spacial score (nSPS) is 10.8. The number of carbonyl (C=O) groups excluding carboxylic acids is 2. The Morgan fingerprint density at radius 2 is 2.13 bits per heavy atom. The molecule has 0 saturated heterocycles. The van der Waals surface area contributed by atoms with Crippen molar-refractivity contribution < 1.29 is 9.59 Å². The number of thioether (sulfide) groups is 1. The molecule has 23 heavy (non-hydrogen) atoms. The third kappa shape index (κ3) is 3.77. The minimum atomic E-state index is -0.0829. The number of hydrogen-bond acceptors (Lipinski definition) is 6. The van der Waals surface area contributed by atoms with Crippen LogP contribution in [0.15, 0.2) is 41.7 Å². The van der Waals surface area contributed by atoms with E-state index in [1.807, 2.05) is 34.9 Å². The quantitative estimate of drug-likeness (QED) is 0.548. The summed E-state index contributed by atoms with van der Waals surface area (Å²) in [7, 11) is 0. The van der Waals surface area contributed by atoms with Gasteiger partial charge in [0.05, 0.1) is 17.2 Å². The van der Waals surface area contributed by atoms with E-state index in [4.69, 9.17) is 0 Å². The van der Waals surface area contributed by atoms with Crippen LogP contribution in [0.2, 0.25) is 0 Å². The number of ketones is 1. The number of Topliss-reactive ketones (excluding diaryl/α,β-unsaturated/α-hetero) is 1. The average Bonchev–Trinajstić information content (AvgIpc) is 3.18. The Morgan fingerprint density at radius 1 is 1.26 bits per heavy atom. The van der Waals surface area contributed by atoms with E-state index in [0.29, 0.717) is 22.3 Å². The molecule has 3 heterocycles. The van der Waals surface area contributed by atoms with Crippen LogP contribution in [0.25, 0.3) is 5.65 Å². The summed E-state index contributed by atoms with van der Waals surface area (Å²) in [5, 5.41) is 11.6. The van der Waals surface area contributed by atoms with E-state index < -0.39 is 0 Å². The Morgan fingerprint density at radius 3 is 2.96 bits per heavy atom. The molecule has 6 nitrogen and oxygen atoms in total. The number of pyridine rings is 1. The summed E-state index contributed by atoms with van der Waals surface area (Å²) < 4.78 is 1.86. The predicted octanol–water partition coefficient (Wildman–Crippen LogP) is 2.40. The first-order chi connectivity index (χ1) is 11.1. The highest BCUT2D eigenvalue weighted by Crippen LogP contribution is 2.22. The van der Waals surface area contributed by atoms with Crippen molar-refractivity contribution in [3.8, 4) is 0 Å². The van der Waals surface area contributed by atoms with Gasteiger partial charge in [-0.15, -0.1) is 21.5 Å². The topological polar surface area (TPSA) is 76.4 Å². The maximum absolute atomic E-state index is 12.3. The molecule has 0 spiro atoms. The molecular formula is C15H14N4O2S2. The van der Waals surface area contributed by atoms with Crippen molar-refractivity contribution in [3.63, 3.8) is 0 Å².